The van der Waals surface area contributed by atoms with Crippen LogP contribution in [0.15, 0.2) is 0 Å². The lowest BCUT2D eigenvalue weighted by atomic mass is 11.4. The zero-order chi connectivity index (χ0) is 6.53. The third-order valence-corrected chi connectivity index (χ3v) is 0.589. The zero-order valence-corrected chi connectivity index (χ0v) is 4.81. The van der Waals surface area contributed by atoms with Gasteiger partial charge in [0.2, 0.25) is 6.79 Å². The van der Waals surface area contributed by atoms with Gasteiger partial charge in [0.1, 0.15) is 0 Å². The fraction of sp³-hybridized carbons (Fsp3) is 0.667. The van der Waals surface area contributed by atoms with E-state index in [1.54, 1.807) is 0 Å². The predicted molar refractivity (Wildman–Crippen MR) is 25.1 cm³/mol. The molecule has 9 heavy (non-hydrogen) atoms. The molecule has 0 N–H and O–H groups in total. The normalized spacial score (nSPS) is 9.44. The molecule has 1 heterocycles. The van der Waals surface area contributed by atoms with Crippen molar-refractivity contribution in [3.05, 3.63) is 6.33 Å². The van der Waals surface area contributed by atoms with Crippen molar-refractivity contribution in [2.45, 2.75) is 0 Å². The minimum absolute atomic E-state index is 0.113. The number of tetrazole rings is 1. The van der Waals surface area contributed by atoms with E-state index in [1.807, 2.05) is 0 Å². The zero-order valence-electron chi connectivity index (χ0n) is 4.81. The van der Waals surface area contributed by atoms with Crippen molar-refractivity contribution in [1.82, 2.24) is 20.4 Å². The third kappa shape index (κ3) is 1.65. The number of aromatic nitrogens is 4. The van der Waals surface area contributed by atoms with Crippen molar-refractivity contribution in [3.8, 4) is 0 Å². The predicted octanol–water partition coefficient (Wildman–Crippen LogP) is -1.49. The molecule has 1 radical (unpaired) electrons. The van der Waals surface area contributed by atoms with Gasteiger partial charge < -0.3 is 9.57 Å². The summed E-state index contributed by atoms with van der Waals surface area (Å²) < 4.78 is 4.56. The van der Waals surface area contributed by atoms with E-state index in [4.69, 9.17) is 4.84 Å². The van der Waals surface area contributed by atoms with Gasteiger partial charge in [-0.25, -0.2) is 0 Å². The average Bonchev–Trinajstić information content (AvgIpc) is 2.34. The summed E-state index contributed by atoms with van der Waals surface area (Å²) >= 11 is 0. The Morgan fingerprint density at radius 3 is 3.11 bits per heavy atom. The fourth-order valence-corrected chi connectivity index (χ4v) is 0.292. The van der Waals surface area contributed by atoms with Crippen LogP contribution in [0.2, 0.25) is 0 Å². The minimum Gasteiger partial charge on any atom is -0.364 e. The molecule has 1 aromatic rings. The van der Waals surface area contributed by atoms with Crippen LogP contribution in [0.5, 0.6) is 0 Å². The maximum Gasteiger partial charge on any atom is 0.265 e. The largest absolute Gasteiger partial charge is 0.364 e. The summed E-state index contributed by atoms with van der Waals surface area (Å²) in [5, 5.41) is 9.82. The summed E-state index contributed by atoms with van der Waals surface area (Å²) in [6.45, 7) is 0.113. The molecule has 0 aromatic carbocycles. The van der Waals surface area contributed by atoms with Gasteiger partial charge in [0.05, 0.1) is 0 Å². The topological polar surface area (TPSA) is 62.1 Å². The summed E-state index contributed by atoms with van der Waals surface area (Å²) in [4.78, 5) is 5.69. The van der Waals surface area contributed by atoms with E-state index in [0.717, 1.165) is 4.85 Å². The van der Waals surface area contributed by atoms with Crippen LogP contribution >= 0.6 is 0 Å². The number of methoxy groups -OCH3 is 1. The molecule has 0 fully saturated rings. The molecule has 1 aromatic heterocycles. The highest BCUT2D eigenvalue weighted by atomic mass is 16.8. The van der Waals surface area contributed by atoms with Gasteiger partial charge >= 0.3 is 0 Å². The second-order valence-corrected chi connectivity index (χ2v) is 1.19. The molecule has 0 atom stereocenters. The van der Waals surface area contributed by atoms with Gasteiger partial charge in [-0.2, -0.15) is 0 Å². The molecule has 0 aliphatic carbocycles. The molecular weight excluding hydrogens is 124 g/mol. The van der Waals surface area contributed by atoms with Crippen LogP contribution < -0.4 is 4.84 Å². The van der Waals surface area contributed by atoms with E-state index in [9.17, 15) is 0 Å². The van der Waals surface area contributed by atoms with E-state index in [2.05, 4.69) is 26.6 Å². The monoisotopic (exact) mass is 129 g/mol. The lowest BCUT2D eigenvalue weighted by molar-refractivity contribution is -0.0541. The lowest BCUT2D eigenvalue weighted by Gasteiger charge is -1.97. The summed E-state index contributed by atoms with van der Waals surface area (Å²) in [6.07, 6.45) is 2.31. The quantitative estimate of drug-likeness (QED) is 0.465. The Kier molecular flexibility index (Phi) is 1.97. The molecular formula is C3H5N4O2. The van der Waals surface area contributed by atoms with Gasteiger partial charge in [-0.3, -0.25) is 0 Å². The first-order valence-corrected chi connectivity index (χ1v) is 2.22. The maximum absolute atomic E-state index is 4.70. The first kappa shape index (κ1) is 5.96. The number of hydrogen-bond acceptors (Lipinski definition) is 5. The fourth-order valence-electron chi connectivity index (χ4n) is 0.292. The van der Waals surface area contributed by atoms with Crippen LogP contribution in [0.4, 0.5) is 0 Å². The van der Waals surface area contributed by atoms with Gasteiger partial charge in [-0.05, 0) is 10.4 Å². The highest BCUT2D eigenvalue weighted by Crippen LogP contribution is 1.68. The number of rotatable bonds is 3. The van der Waals surface area contributed by atoms with Crippen LogP contribution in [0.3, 0.4) is 0 Å². The van der Waals surface area contributed by atoms with Crippen LogP contribution in [0.25, 0.3) is 0 Å². The Labute approximate surface area is 51.3 Å². The molecule has 0 saturated carbocycles. The minimum atomic E-state index is 0.113. The van der Waals surface area contributed by atoms with Crippen molar-refractivity contribution in [3.63, 3.8) is 0 Å². The Morgan fingerprint density at radius 2 is 2.56 bits per heavy atom. The van der Waals surface area contributed by atoms with Gasteiger partial charge in [-0.15, -0.1) is 5.10 Å². The van der Waals surface area contributed by atoms with Crippen molar-refractivity contribution < 1.29 is 9.57 Å². The van der Waals surface area contributed by atoms with E-state index in [1.165, 1.54) is 7.11 Å². The highest BCUT2D eigenvalue weighted by Gasteiger charge is 1.88. The molecule has 0 aliphatic heterocycles. The molecule has 49 valence electrons. The van der Waals surface area contributed by atoms with Crippen molar-refractivity contribution in [2.75, 3.05) is 13.9 Å². The average molecular weight is 129 g/mol. The summed E-state index contributed by atoms with van der Waals surface area (Å²) in [5.74, 6) is 0. The molecule has 0 spiro atoms. The summed E-state index contributed by atoms with van der Waals surface area (Å²) in [7, 11) is 1.50. The van der Waals surface area contributed by atoms with Gasteiger partial charge in [-0.1, -0.05) is 4.85 Å². The Balaban J connectivity index is 2.30. The van der Waals surface area contributed by atoms with E-state index in [0.29, 0.717) is 0 Å². The SMILES string of the molecule is COCOn1[c]nnn1. The summed E-state index contributed by atoms with van der Waals surface area (Å²) in [6, 6.07) is 0. The van der Waals surface area contributed by atoms with Gasteiger partial charge in [0.15, 0.2) is 0 Å². The van der Waals surface area contributed by atoms with Crippen LogP contribution in [-0.4, -0.2) is 34.3 Å². The van der Waals surface area contributed by atoms with Crippen molar-refractivity contribution >= 4 is 0 Å². The highest BCUT2D eigenvalue weighted by molar-refractivity contribution is 4.28. The second kappa shape index (κ2) is 2.98. The van der Waals surface area contributed by atoms with E-state index < -0.39 is 0 Å². The lowest BCUT2D eigenvalue weighted by Crippen LogP contribution is -2.14. The molecule has 0 unspecified atom stereocenters. The van der Waals surface area contributed by atoms with Gasteiger partial charge in [0, 0.05) is 7.11 Å². The molecule has 1 rings (SSSR count). The van der Waals surface area contributed by atoms with Gasteiger partial charge in [0.25, 0.3) is 6.33 Å². The van der Waals surface area contributed by atoms with E-state index >= 15 is 0 Å². The molecule has 6 heteroatoms. The standard InChI is InChI=1S/C3H5N4O2/c1-8-3-9-7-2-4-5-6-7/h3H2,1H3. The number of hydrogen-bond donors (Lipinski definition) is 0. The number of nitrogens with zero attached hydrogens (tertiary/aromatic N) is 4. The smallest absolute Gasteiger partial charge is 0.265 e. The molecule has 0 bridgehead atoms. The maximum atomic E-state index is 4.70. The summed E-state index contributed by atoms with van der Waals surface area (Å²) in [5.41, 5.74) is 0. The molecule has 0 aliphatic rings. The van der Waals surface area contributed by atoms with Crippen LogP contribution in [-0.2, 0) is 4.74 Å². The van der Waals surface area contributed by atoms with E-state index in [-0.39, 0.29) is 6.79 Å². The Hall–Kier alpha value is -1.17. The second-order valence-electron chi connectivity index (χ2n) is 1.19. The van der Waals surface area contributed by atoms with Crippen molar-refractivity contribution in [1.29, 1.82) is 0 Å². The number of ether oxygens (including phenoxy) is 1. The van der Waals surface area contributed by atoms with Crippen molar-refractivity contribution in [2.24, 2.45) is 0 Å². The third-order valence-electron chi connectivity index (χ3n) is 0.589. The molecule has 0 amide bonds. The first-order chi connectivity index (χ1) is 4.43. The van der Waals surface area contributed by atoms with Crippen LogP contribution in [0, 0.1) is 6.33 Å². The van der Waals surface area contributed by atoms with Crippen LogP contribution in [0.1, 0.15) is 0 Å². The molecule has 0 saturated heterocycles. The molecule has 6 nitrogen and oxygen atoms in total. The Morgan fingerprint density at radius 1 is 1.67 bits per heavy atom. The Bertz CT molecular complexity index is 151. The first-order valence-electron chi connectivity index (χ1n) is 2.22.